The number of carboxylic acids is 1. The molecule has 0 spiro atoms. The van der Waals surface area contributed by atoms with Crippen LogP contribution in [0.4, 0.5) is 11.8 Å². The van der Waals surface area contributed by atoms with Gasteiger partial charge in [0.15, 0.2) is 0 Å². The number of nitrogens with zero attached hydrogens (tertiary/aromatic N) is 4. The van der Waals surface area contributed by atoms with Crippen molar-refractivity contribution in [3.05, 3.63) is 46.1 Å². The lowest BCUT2D eigenvalue weighted by Gasteiger charge is -2.52. The Morgan fingerprint density at radius 3 is 2.59 bits per heavy atom. The molecule has 3 fully saturated rings. The number of hydrogen-bond donors (Lipinski definition) is 3. The van der Waals surface area contributed by atoms with Crippen LogP contribution in [0.1, 0.15) is 76.1 Å². The van der Waals surface area contributed by atoms with E-state index >= 15 is 0 Å². The molecular formula is C30H42ClN5O3. The van der Waals surface area contributed by atoms with Crippen molar-refractivity contribution in [2.45, 2.75) is 78.0 Å². The van der Waals surface area contributed by atoms with Crippen LogP contribution in [0.15, 0.2) is 24.4 Å². The molecule has 0 bridgehead atoms. The highest BCUT2D eigenvalue weighted by atomic mass is 35.5. The summed E-state index contributed by atoms with van der Waals surface area (Å²) in [7, 11) is 0. The number of aliphatic hydroxyl groups is 1. The Labute approximate surface area is 236 Å². The maximum Gasteiger partial charge on any atom is 0.309 e. The number of nitrogens with one attached hydrogen (secondary N) is 1. The maximum absolute atomic E-state index is 11.5. The lowest BCUT2D eigenvalue weighted by atomic mass is 9.65. The fourth-order valence-corrected chi connectivity index (χ4v) is 6.89. The predicted molar refractivity (Wildman–Crippen MR) is 154 cm³/mol. The first-order valence-electron chi connectivity index (χ1n) is 14.2. The normalized spacial score (nSPS) is 27.0. The second kappa shape index (κ2) is 10.5. The van der Waals surface area contributed by atoms with Crippen LogP contribution in [0.5, 0.6) is 0 Å². The van der Waals surface area contributed by atoms with Crippen LogP contribution in [0.25, 0.3) is 0 Å². The van der Waals surface area contributed by atoms with Gasteiger partial charge in [0.05, 0.1) is 17.1 Å². The topological polar surface area (TPSA) is 102 Å². The second-order valence-electron chi connectivity index (χ2n) is 12.9. The fourth-order valence-electron chi connectivity index (χ4n) is 6.49. The number of aromatic nitrogens is 2. The van der Waals surface area contributed by atoms with Crippen molar-refractivity contribution in [2.75, 3.05) is 36.4 Å². The van der Waals surface area contributed by atoms with Gasteiger partial charge in [-0.15, -0.1) is 0 Å². The number of likely N-dealkylation sites (tertiary alicyclic amines) is 1. The van der Waals surface area contributed by atoms with Crippen LogP contribution in [0.2, 0.25) is 5.02 Å². The van der Waals surface area contributed by atoms with Gasteiger partial charge in [0, 0.05) is 42.5 Å². The summed E-state index contributed by atoms with van der Waals surface area (Å²) in [5.41, 5.74) is 1.09. The van der Waals surface area contributed by atoms with Crippen LogP contribution >= 0.6 is 11.6 Å². The number of piperidine rings is 1. The molecule has 3 aliphatic rings. The number of aryl methyl sites for hydroxylation is 1. The molecule has 212 valence electrons. The smallest absolute Gasteiger partial charge is 0.309 e. The highest BCUT2D eigenvalue weighted by molar-refractivity contribution is 6.31. The van der Waals surface area contributed by atoms with Gasteiger partial charge in [-0.3, -0.25) is 4.79 Å². The lowest BCUT2D eigenvalue weighted by molar-refractivity contribution is -0.158. The molecule has 2 atom stereocenters. The van der Waals surface area contributed by atoms with Crippen LogP contribution in [-0.2, 0) is 10.4 Å². The van der Waals surface area contributed by atoms with Crippen molar-refractivity contribution in [3.8, 4) is 0 Å². The monoisotopic (exact) mass is 555 g/mol. The number of benzene rings is 1. The molecule has 39 heavy (non-hydrogen) atoms. The van der Waals surface area contributed by atoms with Gasteiger partial charge in [0.25, 0.3) is 0 Å². The zero-order valence-corrected chi connectivity index (χ0v) is 24.5. The van der Waals surface area contributed by atoms with Crippen LogP contribution < -0.4 is 10.2 Å². The molecular weight excluding hydrogens is 514 g/mol. The maximum atomic E-state index is 11.5. The average Bonchev–Trinajstić information content (AvgIpc) is 2.80. The first-order chi connectivity index (χ1) is 18.3. The fraction of sp³-hybridized carbons (Fsp3) is 0.633. The molecule has 1 aliphatic carbocycles. The third-order valence-electron chi connectivity index (χ3n) is 9.16. The van der Waals surface area contributed by atoms with E-state index in [4.69, 9.17) is 16.6 Å². The summed E-state index contributed by atoms with van der Waals surface area (Å²) in [6.45, 7) is 13.4. The van der Waals surface area contributed by atoms with Crippen LogP contribution in [0, 0.1) is 24.2 Å². The lowest BCUT2D eigenvalue weighted by Crippen LogP contribution is -2.58. The molecule has 1 aromatic heterocycles. The quantitative estimate of drug-likeness (QED) is 0.406. The molecule has 1 saturated carbocycles. The SMILES string of the molecule is Cc1ccc(C(C)Nc2nc(N3CC(C4CCCN(C5CC(C)(C(=O)O)C5)C4)C3)ncc2C(C)(C)O)c(Cl)c1. The zero-order valence-electron chi connectivity index (χ0n) is 23.7. The molecule has 2 saturated heterocycles. The van der Waals surface area contributed by atoms with Gasteiger partial charge in [-0.2, -0.15) is 4.98 Å². The summed E-state index contributed by atoms with van der Waals surface area (Å²) in [5, 5.41) is 24.5. The third-order valence-corrected chi connectivity index (χ3v) is 9.49. The summed E-state index contributed by atoms with van der Waals surface area (Å²) in [5.74, 6) is 1.83. The molecule has 2 aliphatic heterocycles. The Kier molecular flexibility index (Phi) is 7.59. The Balaban J connectivity index is 1.24. The first kappa shape index (κ1) is 28.1. The summed E-state index contributed by atoms with van der Waals surface area (Å²) in [6, 6.07) is 6.33. The molecule has 3 N–H and O–H groups in total. The summed E-state index contributed by atoms with van der Waals surface area (Å²) >= 11 is 6.53. The minimum atomic E-state index is -1.10. The van der Waals surface area contributed by atoms with Gasteiger partial charge >= 0.3 is 5.97 Å². The highest BCUT2D eigenvalue weighted by Crippen LogP contribution is 2.45. The number of carboxylic acid groups (broad SMARTS) is 1. The predicted octanol–water partition coefficient (Wildman–Crippen LogP) is 5.24. The van der Waals surface area contributed by atoms with E-state index in [0.717, 1.165) is 50.1 Å². The molecule has 0 radical (unpaired) electrons. The number of hydrogen-bond acceptors (Lipinski definition) is 7. The van der Waals surface area contributed by atoms with E-state index in [1.54, 1.807) is 20.0 Å². The molecule has 0 amide bonds. The Morgan fingerprint density at radius 1 is 1.23 bits per heavy atom. The molecule has 3 heterocycles. The van der Waals surface area contributed by atoms with Gasteiger partial charge in [0.2, 0.25) is 5.95 Å². The summed E-state index contributed by atoms with van der Waals surface area (Å²) in [6.07, 6.45) is 5.65. The summed E-state index contributed by atoms with van der Waals surface area (Å²) < 4.78 is 0. The van der Waals surface area contributed by atoms with Gasteiger partial charge < -0.3 is 25.3 Å². The molecule has 1 aromatic carbocycles. The van der Waals surface area contributed by atoms with Crippen molar-refractivity contribution >= 4 is 29.3 Å². The minimum Gasteiger partial charge on any atom is -0.481 e. The Bertz CT molecular complexity index is 1220. The van der Waals surface area contributed by atoms with E-state index in [-0.39, 0.29) is 6.04 Å². The Hall–Kier alpha value is -2.42. The molecule has 2 aromatic rings. The second-order valence-corrected chi connectivity index (χ2v) is 13.3. The number of halogens is 1. The largest absolute Gasteiger partial charge is 0.481 e. The number of aliphatic carboxylic acids is 1. The van der Waals surface area contributed by atoms with E-state index in [9.17, 15) is 15.0 Å². The molecule has 8 nitrogen and oxygen atoms in total. The summed E-state index contributed by atoms with van der Waals surface area (Å²) in [4.78, 5) is 25.8. The van der Waals surface area contributed by atoms with Crippen molar-refractivity contribution in [3.63, 3.8) is 0 Å². The molecule has 2 unspecified atom stereocenters. The van der Waals surface area contributed by atoms with E-state index < -0.39 is 17.0 Å². The third kappa shape index (κ3) is 5.74. The van der Waals surface area contributed by atoms with Gasteiger partial charge in [0.1, 0.15) is 5.82 Å². The number of rotatable bonds is 8. The van der Waals surface area contributed by atoms with Crippen molar-refractivity contribution in [1.29, 1.82) is 0 Å². The van der Waals surface area contributed by atoms with Gasteiger partial charge in [-0.05, 0) is 95.9 Å². The minimum absolute atomic E-state index is 0.103. The number of carbonyl (C=O) groups is 1. The van der Waals surface area contributed by atoms with Crippen molar-refractivity contribution in [1.82, 2.24) is 14.9 Å². The zero-order chi connectivity index (χ0) is 28.1. The van der Waals surface area contributed by atoms with Crippen molar-refractivity contribution < 1.29 is 15.0 Å². The van der Waals surface area contributed by atoms with Gasteiger partial charge in [-0.1, -0.05) is 23.7 Å². The van der Waals surface area contributed by atoms with E-state index in [0.29, 0.717) is 40.2 Å². The number of anilines is 2. The first-order valence-corrected chi connectivity index (χ1v) is 14.6. The highest BCUT2D eigenvalue weighted by Gasteiger charge is 2.49. The molecule has 5 rings (SSSR count). The van der Waals surface area contributed by atoms with Gasteiger partial charge in [-0.25, -0.2) is 4.98 Å². The Morgan fingerprint density at radius 2 is 1.95 bits per heavy atom. The van der Waals surface area contributed by atoms with Crippen LogP contribution in [-0.4, -0.2) is 63.3 Å². The van der Waals surface area contributed by atoms with Crippen molar-refractivity contribution in [2.24, 2.45) is 17.3 Å². The standard InChI is InChI=1S/C30H42ClN5O3/c1-18-8-9-23(25(31)11-18)19(2)33-26-24(29(3,4)39)14-32-28(34-26)36-16-21(17-36)20-7-6-10-35(15-20)22-12-30(5,13-22)27(37)38/h8-9,11,14,19-22,39H,6-7,10,12-13,15-17H2,1-5H3,(H,37,38)(H,32,33,34). The van der Waals surface area contributed by atoms with Crippen LogP contribution in [0.3, 0.4) is 0 Å². The van der Waals surface area contributed by atoms with E-state index in [1.165, 1.54) is 12.8 Å². The average molecular weight is 556 g/mol. The molecule has 9 heteroatoms. The van der Waals surface area contributed by atoms with E-state index in [1.807, 2.05) is 39.0 Å². The van der Waals surface area contributed by atoms with E-state index in [2.05, 4.69) is 20.1 Å².